The number of hydrogen-bond donors (Lipinski definition) is 0. The zero-order valence-electron chi connectivity index (χ0n) is 14.6. The van der Waals surface area contributed by atoms with Crippen LogP contribution in [0, 0.1) is 6.92 Å². The van der Waals surface area contributed by atoms with Crippen LogP contribution in [0.1, 0.15) is 11.1 Å². The number of benzene rings is 1. The number of carbonyl (C=O) groups is 1. The summed E-state index contributed by atoms with van der Waals surface area (Å²) in [5.41, 5.74) is 2.64. The number of aromatic nitrogens is 2. The Morgan fingerprint density at radius 2 is 1.92 bits per heavy atom. The first-order valence-electron chi connectivity index (χ1n) is 8.00. The van der Waals surface area contributed by atoms with Crippen LogP contribution in [-0.2, 0) is 17.5 Å². The summed E-state index contributed by atoms with van der Waals surface area (Å²) in [6.45, 7) is 2.03. The van der Waals surface area contributed by atoms with E-state index >= 15 is 0 Å². The molecule has 2 aromatic heterocycles. The molecule has 0 unspecified atom stereocenters. The molecule has 3 aromatic rings. The summed E-state index contributed by atoms with van der Waals surface area (Å²) in [6.07, 6.45) is -1.01. The lowest BCUT2D eigenvalue weighted by molar-refractivity contribution is -0.137. The fourth-order valence-electron chi connectivity index (χ4n) is 2.79. The van der Waals surface area contributed by atoms with E-state index in [4.69, 9.17) is 0 Å². The molecular formula is C19H18F3N3O. The molecule has 0 aliphatic rings. The van der Waals surface area contributed by atoms with Gasteiger partial charge in [-0.15, -0.1) is 0 Å². The van der Waals surface area contributed by atoms with Crippen LogP contribution in [0.15, 0.2) is 42.7 Å². The van der Waals surface area contributed by atoms with Crippen molar-refractivity contribution in [2.45, 2.75) is 19.6 Å². The topological polar surface area (TPSA) is 38.1 Å². The maximum atomic E-state index is 13.0. The summed E-state index contributed by atoms with van der Waals surface area (Å²) in [5, 5.41) is 0. The summed E-state index contributed by atoms with van der Waals surface area (Å²) >= 11 is 0. The lowest BCUT2D eigenvalue weighted by Gasteiger charge is -2.12. The van der Waals surface area contributed by atoms with Gasteiger partial charge in [-0.25, -0.2) is 0 Å². The summed E-state index contributed by atoms with van der Waals surface area (Å²) in [7, 11) is 3.35. The van der Waals surface area contributed by atoms with Gasteiger partial charge in [0.15, 0.2) is 0 Å². The van der Waals surface area contributed by atoms with E-state index in [0.29, 0.717) is 16.6 Å². The molecule has 3 rings (SSSR count). The molecule has 26 heavy (non-hydrogen) atoms. The van der Waals surface area contributed by atoms with Crippen molar-refractivity contribution in [2.75, 3.05) is 14.1 Å². The molecule has 0 bridgehead atoms. The molecule has 0 aliphatic carbocycles. The Labute approximate surface area is 148 Å². The average Bonchev–Trinajstić information content (AvgIpc) is 2.89. The number of halogens is 3. The molecule has 0 aliphatic heterocycles. The number of aryl methyl sites for hydroxylation is 1. The SMILES string of the molecule is Cc1cn(CC(=O)N(C)C)c2cc(-c3cccc(C(F)(F)F)c3)cnc12. The van der Waals surface area contributed by atoms with Crippen molar-refractivity contribution in [3.05, 3.63) is 53.9 Å². The highest BCUT2D eigenvalue weighted by Gasteiger charge is 2.30. The lowest BCUT2D eigenvalue weighted by Crippen LogP contribution is -2.25. The Bertz CT molecular complexity index is 974. The van der Waals surface area contributed by atoms with Gasteiger partial charge in [-0.05, 0) is 36.2 Å². The van der Waals surface area contributed by atoms with Crippen LogP contribution >= 0.6 is 0 Å². The first kappa shape index (κ1) is 18.0. The van der Waals surface area contributed by atoms with Crippen LogP contribution in [0.25, 0.3) is 22.2 Å². The molecule has 0 atom stereocenters. The van der Waals surface area contributed by atoms with Crippen molar-refractivity contribution in [3.8, 4) is 11.1 Å². The van der Waals surface area contributed by atoms with E-state index < -0.39 is 11.7 Å². The molecule has 136 valence electrons. The van der Waals surface area contributed by atoms with Crippen LogP contribution in [0.4, 0.5) is 13.2 Å². The van der Waals surface area contributed by atoms with Gasteiger partial charge in [-0.2, -0.15) is 13.2 Å². The third-order valence-electron chi connectivity index (χ3n) is 4.23. The second-order valence-electron chi connectivity index (χ2n) is 6.40. The molecule has 0 saturated heterocycles. The van der Waals surface area contributed by atoms with Crippen molar-refractivity contribution in [2.24, 2.45) is 0 Å². The number of amides is 1. The van der Waals surface area contributed by atoms with Crippen LogP contribution in [0.2, 0.25) is 0 Å². The van der Waals surface area contributed by atoms with Crippen molar-refractivity contribution in [3.63, 3.8) is 0 Å². The van der Waals surface area contributed by atoms with Crippen LogP contribution in [0.5, 0.6) is 0 Å². The number of alkyl halides is 3. The van der Waals surface area contributed by atoms with E-state index in [9.17, 15) is 18.0 Å². The van der Waals surface area contributed by atoms with Gasteiger partial charge in [0.25, 0.3) is 0 Å². The quantitative estimate of drug-likeness (QED) is 0.704. The van der Waals surface area contributed by atoms with E-state index in [1.54, 1.807) is 37.0 Å². The van der Waals surface area contributed by atoms with E-state index in [2.05, 4.69) is 4.98 Å². The monoisotopic (exact) mass is 361 g/mol. The highest BCUT2D eigenvalue weighted by atomic mass is 19.4. The minimum absolute atomic E-state index is 0.0774. The molecule has 0 saturated carbocycles. The maximum absolute atomic E-state index is 13.0. The number of rotatable bonds is 3. The third kappa shape index (κ3) is 3.42. The average molecular weight is 361 g/mol. The smallest absolute Gasteiger partial charge is 0.347 e. The van der Waals surface area contributed by atoms with Crippen LogP contribution < -0.4 is 0 Å². The van der Waals surface area contributed by atoms with E-state index in [0.717, 1.165) is 23.2 Å². The fraction of sp³-hybridized carbons (Fsp3) is 0.263. The predicted octanol–water partition coefficient (Wildman–Crippen LogP) is 4.12. The van der Waals surface area contributed by atoms with Gasteiger partial charge in [-0.1, -0.05) is 12.1 Å². The summed E-state index contributed by atoms with van der Waals surface area (Å²) in [5.74, 6) is -0.0774. The summed E-state index contributed by atoms with van der Waals surface area (Å²) in [4.78, 5) is 17.9. The molecule has 1 aromatic carbocycles. The first-order chi connectivity index (χ1) is 12.2. The van der Waals surface area contributed by atoms with Gasteiger partial charge in [-0.3, -0.25) is 9.78 Å². The van der Waals surface area contributed by atoms with E-state index in [1.165, 1.54) is 11.0 Å². The van der Waals surface area contributed by atoms with Gasteiger partial charge >= 0.3 is 6.18 Å². The molecule has 0 radical (unpaired) electrons. The third-order valence-corrected chi connectivity index (χ3v) is 4.23. The van der Waals surface area contributed by atoms with Gasteiger partial charge in [0.05, 0.1) is 16.6 Å². The minimum Gasteiger partial charge on any atom is -0.347 e. The van der Waals surface area contributed by atoms with E-state index in [1.807, 2.05) is 13.1 Å². The highest BCUT2D eigenvalue weighted by Crippen LogP contribution is 2.33. The van der Waals surface area contributed by atoms with E-state index in [-0.39, 0.29) is 12.5 Å². The van der Waals surface area contributed by atoms with Crippen molar-refractivity contribution in [1.29, 1.82) is 0 Å². The van der Waals surface area contributed by atoms with Crippen LogP contribution in [-0.4, -0.2) is 34.5 Å². The number of fused-ring (bicyclic) bond motifs is 1. The first-order valence-corrected chi connectivity index (χ1v) is 8.00. The normalized spacial score (nSPS) is 11.8. The highest BCUT2D eigenvalue weighted by molar-refractivity contribution is 5.86. The Balaban J connectivity index is 2.08. The molecular weight excluding hydrogens is 343 g/mol. The molecule has 0 fully saturated rings. The number of carbonyl (C=O) groups excluding carboxylic acids is 1. The minimum atomic E-state index is -4.40. The van der Waals surface area contributed by atoms with Gasteiger partial charge in [0, 0.05) is 32.1 Å². The fourth-order valence-corrected chi connectivity index (χ4v) is 2.79. The number of likely N-dealkylation sites (N-methyl/N-ethyl adjacent to an activating group) is 1. The molecule has 4 nitrogen and oxygen atoms in total. The van der Waals surface area contributed by atoms with Crippen molar-refractivity contribution < 1.29 is 18.0 Å². The van der Waals surface area contributed by atoms with Crippen molar-refractivity contribution >= 4 is 16.9 Å². The standard InChI is InChI=1S/C19H18F3N3O/c1-12-10-25(11-17(26)24(2)3)16-8-14(9-23-18(12)16)13-5-4-6-15(7-13)19(20,21)22/h4-10H,11H2,1-3H3. The van der Waals surface area contributed by atoms with Gasteiger partial charge in [0.2, 0.25) is 5.91 Å². The lowest BCUT2D eigenvalue weighted by atomic mass is 10.0. The zero-order chi connectivity index (χ0) is 19.1. The van der Waals surface area contributed by atoms with Gasteiger partial charge in [0.1, 0.15) is 6.54 Å². The Kier molecular flexibility index (Phi) is 4.48. The molecule has 2 heterocycles. The Morgan fingerprint density at radius 1 is 1.19 bits per heavy atom. The molecule has 7 heteroatoms. The second-order valence-corrected chi connectivity index (χ2v) is 6.40. The number of nitrogens with zero attached hydrogens (tertiary/aromatic N) is 3. The Morgan fingerprint density at radius 3 is 2.58 bits per heavy atom. The molecule has 1 amide bonds. The number of hydrogen-bond acceptors (Lipinski definition) is 2. The molecule has 0 N–H and O–H groups in total. The van der Waals surface area contributed by atoms with Crippen molar-refractivity contribution in [1.82, 2.24) is 14.5 Å². The maximum Gasteiger partial charge on any atom is 0.416 e. The molecule has 0 spiro atoms. The van der Waals surface area contributed by atoms with Crippen LogP contribution in [0.3, 0.4) is 0 Å². The second kappa shape index (κ2) is 6.48. The zero-order valence-corrected chi connectivity index (χ0v) is 14.6. The summed E-state index contributed by atoms with van der Waals surface area (Å²) in [6, 6.07) is 6.91. The van der Waals surface area contributed by atoms with Gasteiger partial charge < -0.3 is 9.47 Å². The Hall–Kier alpha value is -2.83. The predicted molar refractivity (Wildman–Crippen MR) is 93.6 cm³/mol. The largest absolute Gasteiger partial charge is 0.416 e. The number of pyridine rings is 1. The summed E-state index contributed by atoms with van der Waals surface area (Å²) < 4.78 is 40.7.